The number of hydrogen-bond acceptors (Lipinski definition) is 2. The molecular weight excluding hydrogens is 166 g/mol. The summed E-state index contributed by atoms with van der Waals surface area (Å²) in [6, 6.07) is 0. The summed E-state index contributed by atoms with van der Waals surface area (Å²) in [5.41, 5.74) is 0. The minimum Gasteiger partial charge on any atom is -0.396 e. The zero-order valence-electron chi connectivity index (χ0n) is 7.91. The van der Waals surface area contributed by atoms with Gasteiger partial charge >= 0.3 is 0 Å². The van der Waals surface area contributed by atoms with Crippen molar-refractivity contribution in [1.29, 1.82) is 0 Å². The maximum absolute atomic E-state index is 11.7. The topological polar surface area (TPSA) is 40.5 Å². The first-order valence-electron chi connectivity index (χ1n) is 5.21. The monoisotopic (exact) mass is 183 g/mol. The van der Waals surface area contributed by atoms with Gasteiger partial charge in [-0.15, -0.1) is 0 Å². The highest BCUT2D eigenvalue weighted by atomic mass is 16.3. The fourth-order valence-corrected chi connectivity index (χ4v) is 2.10. The van der Waals surface area contributed by atoms with Gasteiger partial charge in [-0.1, -0.05) is 6.42 Å². The number of likely N-dealkylation sites (tertiary alicyclic amines) is 1. The first kappa shape index (κ1) is 9.00. The molecule has 0 bridgehead atoms. The van der Waals surface area contributed by atoms with Gasteiger partial charge in [0.2, 0.25) is 5.91 Å². The summed E-state index contributed by atoms with van der Waals surface area (Å²) in [4.78, 5) is 13.7. The van der Waals surface area contributed by atoms with E-state index in [2.05, 4.69) is 0 Å². The molecule has 0 unspecified atom stereocenters. The molecule has 0 aromatic rings. The number of hydrogen-bond donors (Lipinski definition) is 1. The maximum Gasteiger partial charge on any atom is 0.225 e. The summed E-state index contributed by atoms with van der Waals surface area (Å²) in [6.45, 7) is 1.88. The van der Waals surface area contributed by atoms with Crippen molar-refractivity contribution in [3.8, 4) is 0 Å². The molecule has 13 heavy (non-hydrogen) atoms. The summed E-state index contributed by atoms with van der Waals surface area (Å²) in [6.07, 6.45) is 4.36. The van der Waals surface area contributed by atoms with Crippen molar-refractivity contribution >= 4 is 5.91 Å². The Bertz CT molecular complexity index is 201. The van der Waals surface area contributed by atoms with Crippen molar-refractivity contribution in [3.63, 3.8) is 0 Å². The normalized spacial score (nSPS) is 29.0. The molecule has 1 amide bonds. The fraction of sp³-hybridized carbons (Fsp3) is 0.900. The van der Waals surface area contributed by atoms with Crippen molar-refractivity contribution in [2.75, 3.05) is 19.7 Å². The number of aliphatic hydroxyl groups excluding tert-OH is 1. The van der Waals surface area contributed by atoms with Gasteiger partial charge in [0, 0.05) is 31.5 Å². The SMILES string of the molecule is O=C(C1CCC1)N1CC[C@H](CO)C1. The fourth-order valence-electron chi connectivity index (χ4n) is 2.10. The Balaban J connectivity index is 1.84. The highest BCUT2D eigenvalue weighted by Gasteiger charge is 2.33. The first-order chi connectivity index (χ1) is 6.31. The third kappa shape index (κ3) is 1.70. The number of carbonyl (C=O) groups is 1. The van der Waals surface area contributed by atoms with Gasteiger partial charge in [-0.25, -0.2) is 0 Å². The highest BCUT2D eigenvalue weighted by Crippen LogP contribution is 2.30. The molecule has 2 rings (SSSR count). The molecule has 1 N–H and O–H groups in total. The Morgan fingerprint density at radius 2 is 2.15 bits per heavy atom. The van der Waals surface area contributed by atoms with Crippen LogP contribution >= 0.6 is 0 Å². The molecule has 2 fully saturated rings. The van der Waals surface area contributed by atoms with Gasteiger partial charge in [0.1, 0.15) is 0 Å². The minimum atomic E-state index is 0.231. The zero-order valence-corrected chi connectivity index (χ0v) is 7.91. The van der Waals surface area contributed by atoms with Crippen LogP contribution in [0.25, 0.3) is 0 Å². The number of aliphatic hydroxyl groups is 1. The molecule has 74 valence electrons. The second-order valence-corrected chi connectivity index (χ2v) is 4.25. The zero-order chi connectivity index (χ0) is 9.26. The lowest BCUT2D eigenvalue weighted by atomic mass is 9.84. The lowest BCUT2D eigenvalue weighted by molar-refractivity contribution is -0.137. The minimum absolute atomic E-state index is 0.231. The number of amides is 1. The highest BCUT2D eigenvalue weighted by molar-refractivity contribution is 5.79. The molecule has 1 saturated heterocycles. The number of nitrogens with zero attached hydrogens (tertiary/aromatic N) is 1. The Hall–Kier alpha value is -0.570. The van der Waals surface area contributed by atoms with Crippen LogP contribution in [0.5, 0.6) is 0 Å². The predicted molar refractivity (Wildman–Crippen MR) is 49.1 cm³/mol. The summed E-state index contributed by atoms with van der Waals surface area (Å²) < 4.78 is 0. The van der Waals surface area contributed by atoms with E-state index in [-0.39, 0.29) is 6.61 Å². The molecule has 0 spiro atoms. The van der Waals surface area contributed by atoms with Crippen LogP contribution in [-0.4, -0.2) is 35.6 Å². The smallest absolute Gasteiger partial charge is 0.225 e. The van der Waals surface area contributed by atoms with Gasteiger partial charge in [-0.3, -0.25) is 4.79 Å². The summed E-state index contributed by atoms with van der Waals surface area (Å²) >= 11 is 0. The average molecular weight is 183 g/mol. The summed E-state index contributed by atoms with van der Waals surface area (Å²) in [5, 5.41) is 8.94. The molecule has 3 nitrogen and oxygen atoms in total. The van der Waals surface area contributed by atoms with Gasteiger partial charge in [-0.05, 0) is 19.3 Å². The first-order valence-corrected chi connectivity index (χ1v) is 5.21. The average Bonchev–Trinajstić information content (AvgIpc) is 2.48. The van der Waals surface area contributed by atoms with E-state index < -0.39 is 0 Å². The molecule has 1 aliphatic heterocycles. The lowest BCUT2D eigenvalue weighted by Crippen LogP contribution is -2.37. The van der Waals surface area contributed by atoms with E-state index in [1.165, 1.54) is 6.42 Å². The Morgan fingerprint density at radius 1 is 1.38 bits per heavy atom. The molecule has 1 saturated carbocycles. The molecule has 0 radical (unpaired) electrons. The van der Waals surface area contributed by atoms with Crippen LogP contribution in [-0.2, 0) is 4.79 Å². The van der Waals surface area contributed by atoms with E-state index in [4.69, 9.17) is 5.11 Å². The van der Waals surface area contributed by atoms with Crippen molar-refractivity contribution in [1.82, 2.24) is 4.90 Å². The largest absolute Gasteiger partial charge is 0.396 e. The summed E-state index contributed by atoms with van der Waals surface area (Å²) in [5.74, 6) is 0.990. The molecule has 1 atom stereocenters. The predicted octanol–water partition coefficient (Wildman–Crippen LogP) is 0.627. The maximum atomic E-state index is 11.7. The third-order valence-electron chi connectivity index (χ3n) is 3.31. The van der Waals surface area contributed by atoms with Crippen LogP contribution in [0.15, 0.2) is 0 Å². The van der Waals surface area contributed by atoms with E-state index >= 15 is 0 Å². The Labute approximate surface area is 78.7 Å². The molecule has 1 heterocycles. The third-order valence-corrected chi connectivity index (χ3v) is 3.31. The van der Waals surface area contributed by atoms with E-state index in [1.807, 2.05) is 4.90 Å². The molecular formula is C10H17NO2. The van der Waals surface area contributed by atoms with Crippen LogP contribution in [0.1, 0.15) is 25.7 Å². The van der Waals surface area contributed by atoms with Gasteiger partial charge in [0.05, 0.1) is 0 Å². The number of carbonyl (C=O) groups excluding carboxylic acids is 1. The van der Waals surface area contributed by atoms with Crippen molar-refractivity contribution < 1.29 is 9.90 Å². The molecule has 3 heteroatoms. The van der Waals surface area contributed by atoms with E-state index in [0.29, 0.717) is 17.7 Å². The van der Waals surface area contributed by atoms with Gasteiger partial charge in [0.25, 0.3) is 0 Å². The van der Waals surface area contributed by atoms with E-state index in [1.54, 1.807) is 0 Å². The Morgan fingerprint density at radius 3 is 2.62 bits per heavy atom. The summed E-state index contributed by atoms with van der Waals surface area (Å²) in [7, 11) is 0. The number of rotatable bonds is 2. The quantitative estimate of drug-likeness (QED) is 0.682. The van der Waals surface area contributed by atoms with Crippen LogP contribution in [0.3, 0.4) is 0 Å². The van der Waals surface area contributed by atoms with Crippen molar-refractivity contribution in [2.24, 2.45) is 11.8 Å². The van der Waals surface area contributed by atoms with E-state index in [0.717, 1.165) is 32.4 Å². The van der Waals surface area contributed by atoms with Gasteiger partial charge in [-0.2, -0.15) is 0 Å². The van der Waals surface area contributed by atoms with Crippen molar-refractivity contribution in [3.05, 3.63) is 0 Å². The van der Waals surface area contributed by atoms with Crippen LogP contribution < -0.4 is 0 Å². The molecule has 2 aliphatic rings. The molecule has 0 aromatic carbocycles. The van der Waals surface area contributed by atoms with Crippen LogP contribution in [0, 0.1) is 11.8 Å². The van der Waals surface area contributed by atoms with Gasteiger partial charge in [0.15, 0.2) is 0 Å². The van der Waals surface area contributed by atoms with Crippen molar-refractivity contribution in [2.45, 2.75) is 25.7 Å². The van der Waals surface area contributed by atoms with Crippen LogP contribution in [0.4, 0.5) is 0 Å². The molecule has 1 aliphatic carbocycles. The standard InChI is InChI=1S/C10H17NO2/c12-7-8-4-5-11(6-8)10(13)9-2-1-3-9/h8-9,12H,1-7H2/t8-/m0/s1. The second kappa shape index (κ2) is 3.66. The second-order valence-electron chi connectivity index (χ2n) is 4.25. The van der Waals surface area contributed by atoms with Crippen LogP contribution in [0.2, 0.25) is 0 Å². The molecule has 0 aromatic heterocycles. The Kier molecular flexibility index (Phi) is 2.54. The van der Waals surface area contributed by atoms with Gasteiger partial charge < -0.3 is 10.0 Å². The van der Waals surface area contributed by atoms with E-state index in [9.17, 15) is 4.79 Å². The lowest BCUT2D eigenvalue weighted by Gasteiger charge is -2.29.